The lowest BCUT2D eigenvalue weighted by molar-refractivity contribution is 0.0722. The molecule has 1 aromatic heterocycles. The molecule has 1 aliphatic rings. The van der Waals surface area contributed by atoms with E-state index in [0.717, 1.165) is 29.7 Å². The van der Waals surface area contributed by atoms with Gasteiger partial charge in [0.15, 0.2) is 16.9 Å². The van der Waals surface area contributed by atoms with Crippen molar-refractivity contribution in [1.29, 1.82) is 0 Å². The van der Waals surface area contributed by atoms with E-state index in [9.17, 15) is 9.59 Å². The molecule has 4 aromatic rings. The Morgan fingerprint density at radius 1 is 0.949 bits per heavy atom. The Hall–Kier alpha value is -4.10. The highest BCUT2D eigenvalue weighted by Crippen LogP contribution is 2.41. The fourth-order valence-electron chi connectivity index (χ4n) is 5.09. The number of hydrogen-bond donors (Lipinski definition) is 0. The third-order valence-electron chi connectivity index (χ3n) is 6.95. The van der Waals surface area contributed by atoms with Gasteiger partial charge in [0.1, 0.15) is 12.2 Å². The van der Waals surface area contributed by atoms with E-state index in [0.29, 0.717) is 47.8 Å². The van der Waals surface area contributed by atoms with Crippen LogP contribution in [0.4, 0.5) is 0 Å². The van der Waals surface area contributed by atoms with Crippen molar-refractivity contribution in [2.24, 2.45) is 0 Å². The third-order valence-corrected chi connectivity index (χ3v) is 6.95. The van der Waals surface area contributed by atoms with Crippen molar-refractivity contribution in [2.45, 2.75) is 32.9 Å². The maximum atomic E-state index is 13.9. The maximum absolute atomic E-state index is 13.9. The lowest BCUT2D eigenvalue weighted by atomic mass is 9.97. The Bertz CT molecular complexity index is 1540. The molecule has 7 heteroatoms. The lowest BCUT2D eigenvalue weighted by Gasteiger charge is -2.26. The molecule has 0 saturated heterocycles. The van der Waals surface area contributed by atoms with Gasteiger partial charge in [-0.15, -0.1) is 0 Å². The number of ether oxygens (including phenoxy) is 2. The number of benzene rings is 3. The van der Waals surface area contributed by atoms with E-state index in [1.165, 1.54) is 0 Å². The van der Waals surface area contributed by atoms with Crippen LogP contribution in [-0.2, 0) is 6.61 Å². The molecule has 2 heterocycles. The van der Waals surface area contributed by atoms with Gasteiger partial charge in [-0.3, -0.25) is 9.59 Å². The van der Waals surface area contributed by atoms with Crippen LogP contribution in [-0.4, -0.2) is 49.5 Å². The van der Waals surface area contributed by atoms with Crippen molar-refractivity contribution in [3.63, 3.8) is 0 Å². The predicted octanol–water partition coefficient (Wildman–Crippen LogP) is 5.58. The normalized spacial score (nSPS) is 14.7. The van der Waals surface area contributed by atoms with Crippen LogP contribution in [0.3, 0.4) is 0 Å². The zero-order valence-electron chi connectivity index (χ0n) is 22.9. The zero-order chi connectivity index (χ0) is 27.5. The van der Waals surface area contributed by atoms with Crippen molar-refractivity contribution in [1.82, 2.24) is 9.80 Å². The number of carbonyl (C=O) groups excluding carboxylic acids is 1. The second-order valence-corrected chi connectivity index (χ2v) is 10.1. The molecule has 0 fully saturated rings. The number of rotatable bonds is 10. The topological polar surface area (TPSA) is 72.2 Å². The summed E-state index contributed by atoms with van der Waals surface area (Å²) in [6.07, 6.45) is 0.757. The number of carbonyl (C=O) groups is 1. The van der Waals surface area contributed by atoms with Crippen LogP contribution in [0.15, 0.2) is 75.9 Å². The van der Waals surface area contributed by atoms with Gasteiger partial charge in [-0.1, -0.05) is 48.0 Å². The molecule has 7 nitrogen and oxygen atoms in total. The number of fused-ring (bicyclic) bond motifs is 2. The number of amides is 1. The third kappa shape index (κ3) is 5.40. The second-order valence-electron chi connectivity index (χ2n) is 10.1. The van der Waals surface area contributed by atoms with E-state index < -0.39 is 6.04 Å². The van der Waals surface area contributed by atoms with Crippen LogP contribution >= 0.6 is 0 Å². The highest BCUT2D eigenvalue weighted by atomic mass is 16.5. The van der Waals surface area contributed by atoms with Crippen molar-refractivity contribution in [3.8, 4) is 11.5 Å². The molecular formula is C32H34N2O5. The van der Waals surface area contributed by atoms with E-state index >= 15 is 0 Å². The summed E-state index contributed by atoms with van der Waals surface area (Å²) in [6, 6.07) is 20.5. The molecule has 0 bridgehead atoms. The Morgan fingerprint density at radius 2 is 1.74 bits per heavy atom. The maximum Gasteiger partial charge on any atom is 0.290 e. The summed E-state index contributed by atoms with van der Waals surface area (Å²) < 4.78 is 18.2. The minimum Gasteiger partial charge on any atom is -0.490 e. The monoisotopic (exact) mass is 526 g/mol. The number of hydrogen-bond acceptors (Lipinski definition) is 6. The van der Waals surface area contributed by atoms with Crippen molar-refractivity contribution in [3.05, 3.63) is 105 Å². The first-order valence-electron chi connectivity index (χ1n) is 13.3. The lowest BCUT2D eigenvalue weighted by Crippen LogP contribution is -2.32. The summed E-state index contributed by atoms with van der Waals surface area (Å²) in [6.45, 7) is 5.99. The van der Waals surface area contributed by atoms with Gasteiger partial charge in [-0.05, 0) is 76.3 Å². The van der Waals surface area contributed by atoms with E-state index in [-0.39, 0.29) is 17.1 Å². The Labute approximate surface area is 228 Å². The zero-order valence-corrected chi connectivity index (χ0v) is 22.9. The molecular weight excluding hydrogens is 492 g/mol. The van der Waals surface area contributed by atoms with Crippen LogP contribution in [0.1, 0.15) is 52.2 Å². The fraction of sp³-hybridized carbons (Fsp3) is 0.312. The molecule has 1 atom stereocenters. The van der Waals surface area contributed by atoms with Gasteiger partial charge < -0.3 is 23.7 Å². The molecule has 3 aromatic carbocycles. The molecule has 1 amide bonds. The Balaban J connectivity index is 1.58. The van der Waals surface area contributed by atoms with E-state index in [1.54, 1.807) is 11.0 Å². The first-order chi connectivity index (χ1) is 18.9. The van der Waals surface area contributed by atoms with Crippen LogP contribution in [0, 0.1) is 6.92 Å². The molecule has 0 saturated carbocycles. The highest BCUT2D eigenvalue weighted by molar-refractivity contribution is 5.99. The summed E-state index contributed by atoms with van der Waals surface area (Å²) in [4.78, 5) is 31.4. The first kappa shape index (κ1) is 26.5. The van der Waals surface area contributed by atoms with Crippen LogP contribution in [0.25, 0.3) is 11.0 Å². The molecule has 5 rings (SSSR count). The minimum absolute atomic E-state index is 0.119. The smallest absolute Gasteiger partial charge is 0.290 e. The van der Waals surface area contributed by atoms with Crippen molar-refractivity contribution >= 4 is 16.9 Å². The fourth-order valence-corrected chi connectivity index (χ4v) is 5.09. The molecule has 39 heavy (non-hydrogen) atoms. The van der Waals surface area contributed by atoms with Crippen molar-refractivity contribution in [2.75, 3.05) is 33.8 Å². The quantitative estimate of drug-likeness (QED) is 0.269. The number of nitrogens with zero attached hydrogens (tertiary/aromatic N) is 2. The van der Waals surface area contributed by atoms with Gasteiger partial charge in [-0.25, -0.2) is 0 Å². The molecule has 0 spiro atoms. The summed E-state index contributed by atoms with van der Waals surface area (Å²) in [5, 5.41) is 0.481. The van der Waals surface area contributed by atoms with Gasteiger partial charge in [-0.2, -0.15) is 0 Å². The summed E-state index contributed by atoms with van der Waals surface area (Å²) in [5.41, 5.74) is 3.41. The number of aryl methyl sites for hydroxylation is 1. The molecule has 202 valence electrons. The average Bonchev–Trinajstić information content (AvgIpc) is 3.20. The van der Waals surface area contributed by atoms with E-state index in [1.807, 2.05) is 88.6 Å². The van der Waals surface area contributed by atoms with Crippen LogP contribution in [0.5, 0.6) is 11.5 Å². The minimum atomic E-state index is -0.585. The van der Waals surface area contributed by atoms with Crippen LogP contribution in [0.2, 0.25) is 0 Å². The summed E-state index contributed by atoms with van der Waals surface area (Å²) in [7, 11) is 4.00. The molecule has 0 radical (unpaired) electrons. The average molecular weight is 527 g/mol. The van der Waals surface area contributed by atoms with E-state index in [4.69, 9.17) is 13.9 Å². The standard InChI is InChI=1S/C32H34N2O5/c1-5-37-27-19-23(13-15-26(27)38-20-22-10-7-6-8-11-22)29-28-30(35)24-18-21(2)12-14-25(24)39-31(28)32(36)34(29)17-9-16-33(3)4/h6-8,10-15,18-19,29H,5,9,16-17,20H2,1-4H3. The van der Waals surface area contributed by atoms with Gasteiger partial charge >= 0.3 is 0 Å². The van der Waals surface area contributed by atoms with Gasteiger partial charge in [0.05, 0.1) is 23.6 Å². The largest absolute Gasteiger partial charge is 0.490 e. The highest BCUT2D eigenvalue weighted by Gasteiger charge is 2.42. The summed E-state index contributed by atoms with van der Waals surface area (Å²) >= 11 is 0. The Kier molecular flexibility index (Phi) is 7.70. The molecule has 1 unspecified atom stereocenters. The van der Waals surface area contributed by atoms with Crippen LogP contribution < -0.4 is 14.9 Å². The first-order valence-corrected chi connectivity index (χ1v) is 13.3. The summed E-state index contributed by atoms with van der Waals surface area (Å²) in [5.74, 6) is 1.03. The predicted molar refractivity (Wildman–Crippen MR) is 152 cm³/mol. The SMILES string of the molecule is CCOc1cc(C2c3c(oc4ccc(C)cc4c3=O)C(=O)N2CCCN(C)C)ccc1OCc1ccccc1. The molecule has 1 aliphatic heterocycles. The second kappa shape index (κ2) is 11.3. The van der Waals surface area contributed by atoms with Crippen molar-refractivity contribution < 1.29 is 18.7 Å². The van der Waals surface area contributed by atoms with Gasteiger partial charge in [0.2, 0.25) is 5.76 Å². The Morgan fingerprint density at radius 3 is 2.49 bits per heavy atom. The molecule has 0 N–H and O–H groups in total. The van der Waals surface area contributed by atoms with Gasteiger partial charge in [0, 0.05) is 6.54 Å². The molecule has 0 aliphatic carbocycles. The van der Waals surface area contributed by atoms with E-state index in [2.05, 4.69) is 4.90 Å². The van der Waals surface area contributed by atoms with Gasteiger partial charge in [0.25, 0.3) is 5.91 Å².